The van der Waals surface area contributed by atoms with Gasteiger partial charge in [-0.2, -0.15) is 0 Å². The van der Waals surface area contributed by atoms with Gasteiger partial charge in [-0.15, -0.1) is 11.3 Å². The summed E-state index contributed by atoms with van der Waals surface area (Å²) in [5.74, 6) is 1.62. The van der Waals surface area contributed by atoms with E-state index in [2.05, 4.69) is 26.8 Å². The first kappa shape index (κ1) is 12.8. The zero-order valence-electron chi connectivity index (χ0n) is 10.8. The van der Waals surface area contributed by atoms with Crippen molar-refractivity contribution in [1.29, 1.82) is 0 Å². The van der Waals surface area contributed by atoms with Gasteiger partial charge in [0.05, 0.1) is 0 Å². The molecule has 0 saturated carbocycles. The summed E-state index contributed by atoms with van der Waals surface area (Å²) in [7, 11) is 0. The first-order chi connectivity index (χ1) is 7.16. The molecule has 0 amide bonds. The first-order valence-corrected chi connectivity index (χ1v) is 7.10. The molecule has 0 radical (unpaired) electrons. The van der Waals surface area contributed by atoms with Crippen LogP contribution < -0.4 is 0 Å². The number of fused-ring (bicyclic) bond motifs is 1. The Morgan fingerprint density at radius 2 is 2.00 bits per heavy atom. The van der Waals surface area contributed by atoms with E-state index in [-0.39, 0.29) is 0 Å². The van der Waals surface area contributed by atoms with E-state index in [0.29, 0.717) is 5.92 Å². The zero-order valence-corrected chi connectivity index (χ0v) is 11.6. The average Bonchev–Trinajstić information content (AvgIpc) is 2.63. The van der Waals surface area contributed by atoms with Gasteiger partial charge < -0.3 is 0 Å². The third-order valence-electron chi connectivity index (χ3n) is 2.92. The molecule has 1 heteroatoms. The Morgan fingerprint density at radius 1 is 1.33 bits per heavy atom. The van der Waals surface area contributed by atoms with Crippen LogP contribution >= 0.6 is 11.3 Å². The van der Waals surface area contributed by atoms with Crippen LogP contribution in [0.3, 0.4) is 0 Å². The minimum atomic E-state index is 0.714. The maximum atomic E-state index is 2.44. The monoisotopic (exact) mass is 224 g/mol. The number of hydrogen-bond donors (Lipinski definition) is 0. The summed E-state index contributed by atoms with van der Waals surface area (Å²) in [6.45, 7) is 11.0. The van der Waals surface area contributed by atoms with Gasteiger partial charge in [-0.05, 0) is 42.7 Å². The summed E-state index contributed by atoms with van der Waals surface area (Å²) in [5, 5.41) is 0. The van der Waals surface area contributed by atoms with Crippen LogP contribution in [-0.4, -0.2) is 0 Å². The highest BCUT2D eigenvalue weighted by molar-refractivity contribution is 7.12. The standard InChI is InChI=1S/C12H18S.C2H6/c1-8(2)12-7-10-6-9(3)4-5-11(10)13-12;1-2/h7-9H,4-6H2,1-3H3;1-2H3. The predicted octanol–water partition coefficient (Wildman–Crippen LogP) is 5.02. The molecule has 0 N–H and O–H groups in total. The van der Waals surface area contributed by atoms with E-state index in [0.717, 1.165) is 5.92 Å². The van der Waals surface area contributed by atoms with E-state index in [1.165, 1.54) is 19.3 Å². The smallest absolute Gasteiger partial charge is 0.00804 e. The van der Waals surface area contributed by atoms with Gasteiger partial charge >= 0.3 is 0 Å². The van der Waals surface area contributed by atoms with Crippen LogP contribution in [-0.2, 0) is 12.8 Å². The second kappa shape index (κ2) is 5.69. The Kier molecular flexibility index (Phi) is 4.85. The summed E-state index contributed by atoms with van der Waals surface area (Å²) in [4.78, 5) is 3.25. The van der Waals surface area contributed by atoms with E-state index in [4.69, 9.17) is 0 Å². The molecular weight excluding hydrogens is 200 g/mol. The van der Waals surface area contributed by atoms with Crippen molar-refractivity contribution < 1.29 is 0 Å². The van der Waals surface area contributed by atoms with Gasteiger partial charge in [0.25, 0.3) is 0 Å². The third kappa shape index (κ3) is 3.07. The van der Waals surface area contributed by atoms with E-state index in [9.17, 15) is 0 Å². The molecule has 0 nitrogen and oxygen atoms in total. The Balaban J connectivity index is 0.000000531. The summed E-state index contributed by atoms with van der Waals surface area (Å²) >= 11 is 2.05. The lowest BCUT2D eigenvalue weighted by Gasteiger charge is -2.17. The molecule has 1 heterocycles. The molecule has 0 aliphatic heterocycles. The van der Waals surface area contributed by atoms with E-state index in [1.807, 2.05) is 25.2 Å². The Morgan fingerprint density at radius 3 is 2.60 bits per heavy atom. The van der Waals surface area contributed by atoms with E-state index >= 15 is 0 Å². The molecule has 0 fully saturated rings. The topological polar surface area (TPSA) is 0 Å². The van der Waals surface area contributed by atoms with Gasteiger partial charge in [0.2, 0.25) is 0 Å². The molecule has 1 aliphatic carbocycles. The van der Waals surface area contributed by atoms with Crippen LogP contribution in [0.4, 0.5) is 0 Å². The zero-order chi connectivity index (χ0) is 11.4. The highest BCUT2D eigenvalue weighted by Gasteiger charge is 2.18. The van der Waals surface area contributed by atoms with Crippen molar-refractivity contribution in [3.05, 3.63) is 21.4 Å². The SMILES string of the molecule is CC.CC1CCc2sc(C(C)C)cc2C1. The van der Waals surface area contributed by atoms with Crippen molar-refractivity contribution in [2.24, 2.45) is 5.92 Å². The van der Waals surface area contributed by atoms with Crippen molar-refractivity contribution >= 4 is 11.3 Å². The highest BCUT2D eigenvalue weighted by atomic mass is 32.1. The largest absolute Gasteiger partial charge is 0.145 e. The third-order valence-corrected chi connectivity index (χ3v) is 4.45. The summed E-state index contributed by atoms with van der Waals surface area (Å²) in [6.07, 6.45) is 4.04. The van der Waals surface area contributed by atoms with Crippen molar-refractivity contribution in [3.8, 4) is 0 Å². The van der Waals surface area contributed by atoms with Crippen LogP contribution in [0.15, 0.2) is 6.07 Å². The lowest BCUT2D eigenvalue weighted by Crippen LogP contribution is -2.08. The first-order valence-electron chi connectivity index (χ1n) is 6.28. The average molecular weight is 224 g/mol. The summed E-state index contributed by atoms with van der Waals surface area (Å²) < 4.78 is 0. The minimum Gasteiger partial charge on any atom is -0.145 e. The molecule has 0 saturated heterocycles. The molecule has 1 aromatic rings. The molecule has 1 aliphatic rings. The van der Waals surface area contributed by atoms with Gasteiger partial charge in [-0.1, -0.05) is 34.6 Å². The fourth-order valence-electron chi connectivity index (χ4n) is 2.01. The van der Waals surface area contributed by atoms with Gasteiger partial charge in [0.1, 0.15) is 0 Å². The molecule has 0 bridgehead atoms. The molecular formula is C14H24S. The van der Waals surface area contributed by atoms with Crippen LogP contribution in [0, 0.1) is 5.92 Å². The second-order valence-electron chi connectivity index (χ2n) is 4.60. The molecule has 1 aromatic heterocycles. The number of rotatable bonds is 1. The van der Waals surface area contributed by atoms with Crippen molar-refractivity contribution in [2.75, 3.05) is 0 Å². The molecule has 0 spiro atoms. The maximum absolute atomic E-state index is 2.44. The second-order valence-corrected chi connectivity index (χ2v) is 5.77. The van der Waals surface area contributed by atoms with Crippen molar-refractivity contribution in [2.45, 2.75) is 59.8 Å². The van der Waals surface area contributed by atoms with Gasteiger partial charge in [-0.25, -0.2) is 0 Å². The van der Waals surface area contributed by atoms with Crippen LogP contribution in [0.1, 0.15) is 62.3 Å². The molecule has 2 rings (SSSR count). The molecule has 1 unspecified atom stereocenters. The van der Waals surface area contributed by atoms with Gasteiger partial charge in [0.15, 0.2) is 0 Å². The predicted molar refractivity (Wildman–Crippen MR) is 70.9 cm³/mol. The van der Waals surface area contributed by atoms with Gasteiger partial charge in [0, 0.05) is 9.75 Å². The van der Waals surface area contributed by atoms with E-state index < -0.39 is 0 Å². The summed E-state index contributed by atoms with van der Waals surface area (Å²) in [5.41, 5.74) is 1.65. The molecule has 15 heavy (non-hydrogen) atoms. The number of thiophene rings is 1. The lowest BCUT2D eigenvalue weighted by molar-refractivity contribution is 0.506. The normalized spacial score (nSPS) is 19.5. The molecule has 86 valence electrons. The quantitative estimate of drug-likeness (QED) is 0.628. The van der Waals surface area contributed by atoms with E-state index in [1.54, 1.807) is 15.3 Å². The fraction of sp³-hybridized carbons (Fsp3) is 0.714. The lowest BCUT2D eigenvalue weighted by atomic mass is 9.90. The Bertz CT molecular complexity index is 296. The maximum Gasteiger partial charge on any atom is 0.00804 e. The Labute approximate surface area is 98.7 Å². The Hall–Kier alpha value is -0.300. The molecule has 0 aromatic carbocycles. The van der Waals surface area contributed by atoms with Crippen LogP contribution in [0.5, 0.6) is 0 Å². The van der Waals surface area contributed by atoms with Crippen LogP contribution in [0.25, 0.3) is 0 Å². The van der Waals surface area contributed by atoms with Crippen molar-refractivity contribution in [1.82, 2.24) is 0 Å². The fourth-order valence-corrected chi connectivity index (χ4v) is 3.23. The summed E-state index contributed by atoms with van der Waals surface area (Å²) in [6, 6.07) is 2.44. The number of hydrogen-bond acceptors (Lipinski definition) is 1. The molecule has 1 atom stereocenters. The van der Waals surface area contributed by atoms with Crippen molar-refractivity contribution in [3.63, 3.8) is 0 Å². The minimum absolute atomic E-state index is 0.714. The van der Waals surface area contributed by atoms with Crippen LogP contribution in [0.2, 0.25) is 0 Å². The van der Waals surface area contributed by atoms with Gasteiger partial charge in [-0.3, -0.25) is 0 Å². The highest BCUT2D eigenvalue weighted by Crippen LogP contribution is 2.34. The number of aryl methyl sites for hydroxylation is 1.